The van der Waals surface area contributed by atoms with E-state index in [1.165, 1.54) is 4.68 Å². The number of aromatic nitrogens is 4. The molecule has 88 valence electrons. The van der Waals surface area contributed by atoms with E-state index >= 15 is 0 Å². The molecular formula is C10H9BrN4O2. The summed E-state index contributed by atoms with van der Waals surface area (Å²) in [6.07, 6.45) is 0. The van der Waals surface area contributed by atoms with Gasteiger partial charge in [-0.25, -0.2) is 4.68 Å². The maximum Gasteiger partial charge on any atom is 0.325 e. The number of benzene rings is 1. The smallest absolute Gasteiger partial charge is 0.325 e. The minimum absolute atomic E-state index is 0.261. The number of rotatable bonds is 3. The maximum absolute atomic E-state index is 10.7. The lowest BCUT2D eigenvalue weighted by Crippen LogP contribution is -2.11. The summed E-state index contributed by atoms with van der Waals surface area (Å²) in [7, 11) is 0. The molecule has 0 saturated carbocycles. The molecule has 6 nitrogen and oxygen atoms in total. The molecule has 17 heavy (non-hydrogen) atoms. The van der Waals surface area contributed by atoms with Crippen molar-refractivity contribution in [2.75, 3.05) is 0 Å². The molecule has 1 aromatic heterocycles. The zero-order valence-corrected chi connectivity index (χ0v) is 10.5. The van der Waals surface area contributed by atoms with Gasteiger partial charge in [0.15, 0.2) is 5.82 Å². The number of tetrazole rings is 1. The number of hydrogen-bond donors (Lipinski definition) is 1. The van der Waals surface area contributed by atoms with Crippen LogP contribution >= 0.6 is 15.9 Å². The fourth-order valence-corrected chi connectivity index (χ4v) is 1.89. The third kappa shape index (κ3) is 2.33. The van der Waals surface area contributed by atoms with Crippen LogP contribution in [0.3, 0.4) is 0 Å². The SMILES string of the molecule is Cc1cccc(-c2nnnn2CC(=O)O)c1Br. The van der Waals surface area contributed by atoms with Crippen molar-refractivity contribution >= 4 is 21.9 Å². The molecule has 1 N–H and O–H groups in total. The Morgan fingerprint density at radius 2 is 2.29 bits per heavy atom. The van der Waals surface area contributed by atoms with Crippen LogP contribution in [0.5, 0.6) is 0 Å². The van der Waals surface area contributed by atoms with Gasteiger partial charge in [-0.3, -0.25) is 4.79 Å². The topological polar surface area (TPSA) is 80.9 Å². The number of nitrogens with zero attached hydrogens (tertiary/aromatic N) is 4. The predicted molar refractivity (Wildman–Crippen MR) is 63.3 cm³/mol. The molecular weight excluding hydrogens is 288 g/mol. The highest BCUT2D eigenvalue weighted by molar-refractivity contribution is 9.10. The van der Waals surface area contributed by atoms with Gasteiger partial charge < -0.3 is 5.11 Å². The first-order valence-corrected chi connectivity index (χ1v) is 5.62. The highest BCUT2D eigenvalue weighted by Crippen LogP contribution is 2.28. The zero-order valence-electron chi connectivity index (χ0n) is 8.96. The van der Waals surface area contributed by atoms with Crippen molar-refractivity contribution in [1.82, 2.24) is 20.2 Å². The van der Waals surface area contributed by atoms with Crippen LogP contribution in [0.2, 0.25) is 0 Å². The molecule has 0 radical (unpaired) electrons. The van der Waals surface area contributed by atoms with E-state index in [2.05, 4.69) is 31.5 Å². The van der Waals surface area contributed by atoms with Gasteiger partial charge in [0, 0.05) is 10.0 Å². The summed E-state index contributed by atoms with van der Waals surface area (Å²) in [5.74, 6) is -0.551. The lowest BCUT2D eigenvalue weighted by atomic mass is 10.1. The number of carboxylic acids is 1. The highest BCUT2D eigenvalue weighted by Gasteiger charge is 2.14. The Bertz CT molecular complexity index is 567. The van der Waals surface area contributed by atoms with E-state index in [0.29, 0.717) is 5.82 Å². The van der Waals surface area contributed by atoms with Crippen molar-refractivity contribution in [3.8, 4) is 11.4 Å². The second-order valence-electron chi connectivity index (χ2n) is 3.49. The van der Waals surface area contributed by atoms with Crippen LogP contribution in [0.4, 0.5) is 0 Å². The van der Waals surface area contributed by atoms with Gasteiger partial charge in [0.1, 0.15) is 6.54 Å². The molecule has 0 bridgehead atoms. The first kappa shape index (κ1) is 11.7. The van der Waals surface area contributed by atoms with Crippen LogP contribution in [0.25, 0.3) is 11.4 Å². The van der Waals surface area contributed by atoms with Gasteiger partial charge in [-0.1, -0.05) is 12.1 Å². The summed E-state index contributed by atoms with van der Waals surface area (Å²) in [5.41, 5.74) is 1.81. The minimum atomic E-state index is -0.984. The van der Waals surface area contributed by atoms with Crippen LogP contribution in [0, 0.1) is 6.92 Å². The molecule has 2 aromatic rings. The zero-order chi connectivity index (χ0) is 12.4. The quantitative estimate of drug-likeness (QED) is 0.928. The van der Waals surface area contributed by atoms with Gasteiger partial charge in [-0.2, -0.15) is 0 Å². The van der Waals surface area contributed by atoms with Crippen molar-refractivity contribution in [1.29, 1.82) is 0 Å². The molecule has 0 aliphatic rings. The number of aliphatic carboxylic acids is 1. The average molecular weight is 297 g/mol. The van der Waals surface area contributed by atoms with E-state index in [1.807, 2.05) is 25.1 Å². The molecule has 1 heterocycles. The number of carbonyl (C=O) groups is 1. The van der Waals surface area contributed by atoms with E-state index in [1.54, 1.807) is 0 Å². The number of hydrogen-bond acceptors (Lipinski definition) is 4. The van der Waals surface area contributed by atoms with Crippen molar-refractivity contribution in [3.63, 3.8) is 0 Å². The van der Waals surface area contributed by atoms with Crippen molar-refractivity contribution in [3.05, 3.63) is 28.2 Å². The molecule has 0 aliphatic carbocycles. The lowest BCUT2D eigenvalue weighted by Gasteiger charge is -2.06. The van der Waals surface area contributed by atoms with Gasteiger partial charge >= 0.3 is 5.97 Å². The second kappa shape index (κ2) is 4.62. The van der Waals surface area contributed by atoms with Crippen molar-refractivity contribution in [2.45, 2.75) is 13.5 Å². The normalized spacial score (nSPS) is 10.5. The molecule has 0 unspecified atom stereocenters. The van der Waals surface area contributed by atoms with E-state index in [9.17, 15) is 4.79 Å². The minimum Gasteiger partial charge on any atom is -0.480 e. The highest BCUT2D eigenvalue weighted by atomic mass is 79.9. The predicted octanol–water partition coefficient (Wildman–Crippen LogP) is 1.50. The van der Waals surface area contributed by atoms with Gasteiger partial charge in [0.25, 0.3) is 0 Å². The Labute approximate surface area is 105 Å². The first-order chi connectivity index (χ1) is 8.09. The van der Waals surface area contributed by atoms with E-state index in [0.717, 1.165) is 15.6 Å². The maximum atomic E-state index is 10.7. The lowest BCUT2D eigenvalue weighted by molar-refractivity contribution is -0.137. The Morgan fingerprint density at radius 3 is 3.00 bits per heavy atom. The summed E-state index contributed by atoms with van der Waals surface area (Å²) in [6.45, 7) is 1.68. The molecule has 0 amide bonds. The molecule has 0 spiro atoms. The summed E-state index contributed by atoms with van der Waals surface area (Å²) in [4.78, 5) is 10.7. The standard InChI is InChI=1S/C10H9BrN4O2/c1-6-3-2-4-7(9(6)11)10-12-13-14-15(10)5-8(16)17/h2-4H,5H2,1H3,(H,16,17). The summed E-state index contributed by atoms with van der Waals surface area (Å²) in [6, 6.07) is 5.65. The van der Waals surface area contributed by atoms with E-state index in [-0.39, 0.29) is 6.54 Å². The summed E-state index contributed by atoms with van der Waals surface area (Å²) >= 11 is 3.45. The van der Waals surface area contributed by atoms with E-state index < -0.39 is 5.97 Å². The van der Waals surface area contributed by atoms with E-state index in [4.69, 9.17) is 5.11 Å². The van der Waals surface area contributed by atoms with Crippen molar-refractivity contribution in [2.24, 2.45) is 0 Å². The molecule has 0 saturated heterocycles. The van der Waals surface area contributed by atoms with Crippen LogP contribution in [0.1, 0.15) is 5.56 Å². The Hall–Kier alpha value is -1.76. The molecule has 2 rings (SSSR count). The van der Waals surface area contributed by atoms with Crippen LogP contribution in [0.15, 0.2) is 22.7 Å². The third-order valence-corrected chi connectivity index (χ3v) is 3.30. The van der Waals surface area contributed by atoms with Crippen molar-refractivity contribution < 1.29 is 9.90 Å². The number of aryl methyl sites for hydroxylation is 1. The largest absolute Gasteiger partial charge is 0.480 e. The van der Waals surface area contributed by atoms with Gasteiger partial charge in [-0.15, -0.1) is 5.10 Å². The van der Waals surface area contributed by atoms with Crippen LogP contribution < -0.4 is 0 Å². The number of halogens is 1. The Balaban J connectivity index is 2.50. The molecule has 0 fully saturated rings. The fraction of sp³-hybridized carbons (Fsp3) is 0.200. The van der Waals surface area contributed by atoms with Gasteiger partial charge in [0.05, 0.1) is 0 Å². The first-order valence-electron chi connectivity index (χ1n) is 4.83. The second-order valence-corrected chi connectivity index (χ2v) is 4.28. The van der Waals surface area contributed by atoms with Gasteiger partial charge in [0.2, 0.25) is 0 Å². The Kier molecular flexibility index (Phi) is 3.19. The fourth-order valence-electron chi connectivity index (χ4n) is 1.45. The van der Waals surface area contributed by atoms with Crippen LogP contribution in [-0.2, 0) is 11.3 Å². The summed E-state index contributed by atoms with van der Waals surface area (Å²) < 4.78 is 2.11. The third-order valence-electron chi connectivity index (χ3n) is 2.25. The molecule has 0 aliphatic heterocycles. The monoisotopic (exact) mass is 296 g/mol. The molecule has 0 atom stereocenters. The average Bonchev–Trinajstić information content (AvgIpc) is 2.69. The van der Waals surface area contributed by atoms with Gasteiger partial charge in [-0.05, 0) is 44.9 Å². The number of carboxylic acid groups (broad SMARTS) is 1. The summed E-state index contributed by atoms with van der Waals surface area (Å²) in [5, 5.41) is 19.8. The van der Waals surface area contributed by atoms with Crippen LogP contribution in [-0.4, -0.2) is 31.3 Å². The Morgan fingerprint density at radius 1 is 1.53 bits per heavy atom. The molecule has 7 heteroatoms. The molecule has 1 aromatic carbocycles.